The summed E-state index contributed by atoms with van der Waals surface area (Å²) in [7, 11) is 0. The third-order valence-corrected chi connectivity index (χ3v) is 4.65. The molecule has 1 fully saturated rings. The molecule has 0 aromatic carbocycles. The molecule has 0 bridgehead atoms. The first-order chi connectivity index (χ1) is 9.80. The predicted molar refractivity (Wildman–Crippen MR) is 86.6 cm³/mol. The molecule has 1 aliphatic carbocycles. The van der Waals surface area contributed by atoms with Crippen molar-refractivity contribution in [2.75, 3.05) is 0 Å². The van der Waals surface area contributed by atoms with Gasteiger partial charge in [0.1, 0.15) is 0 Å². The fourth-order valence-corrected chi connectivity index (χ4v) is 3.98. The molecule has 2 N–H and O–H groups in total. The normalized spacial score (nSPS) is 30.1. The fourth-order valence-electron chi connectivity index (χ4n) is 3.98. The van der Waals surface area contributed by atoms with Crippen molar-refractivity contribution in [3.05, 3.63) is 0 Å². The summed E-state index contributed by atoms with van der Waals surface area (Å²) in [5.74, 6) is -2.84. The van der Waals surface area contributed by atoms with Gasteiger partial charge >= 0.3 is 11.9 Å². The maximum atomic E-state index is 11.5. The van der Waals surface area contributed by atoms with Gasteiger partial charge in [-0.1, -0.05) is 41.5 Å². The van der Waals surface area contributed by atoms with Gasteiger partial charge in [0.15, 0.2) is 0 Å². The van der Waals surface area contributed by atoms with E-state index in [1.54, 1.807) is 0 Å². The lowest BCUT2D eigenvalue weighted by atomic mass is 9.61. The molecule has 4 atom stereocenters. The molecule has 22 heavy (non-hydrogen) atoms. The van der Waals surface area contributed by atoms with Crippen LogP contribution in [0.3, 0.4) is 0 Å². The lowest BCUT2D eigenvalue weighted by Gasteiger charge is -2.43. The molecule has 128 valence electrons. The summed E-state index contributed by atoms with van der Waals surface area (Å²) in [6.07, 6.45) is 2.88. The second-order valence-corrected chi connectivity index (χ2v) is 9.41. The average molecular weight is 312 g/mol. The third kappa shape index (κ3) is 5.62. The molecule has 0 aromatic rings. The van der Waals surface area contributed by atoms with Crippen molar-refractivity contribution >= 4 is 11.9 Å². The molecule has 1 aliphatic rings. The van der Waals surface area contributed by atoms with Gasteiger partial charge in [-0.05, 0) is 48.3 Å². The van der Waals surface area contributed by atoms with Crippen molar-refractivity contribution in [2.45, 2.75) is 67.2 Å². The van der Waals surface area contributed by atoms with Crippen LogP contribution in [0.4, 0.5) is 0 Å². The highest BCUT2D eigenvalue weighted by Crippen LogP contribution is 2.47. The Morgan fingerprint density at radius 1 is 0.773 bits per heavy atom. The Balaban J connectivity index is 3.03. The Morgan fingerprint density at radius 3 is 1.23 bits per heavy atom. The van der Waals surface area contributed by atoms with Crippen LogP contribution < -0.4 is 0 Å². The first-order valence-electron chi connectivity index (χ1n) is 8.26. The second-order valence-electron chi connectivity index (χ2n) is 9.41. The van der Waals surface area contributed by atoms with E-state index in [0.717, 1.165) is 12.8 Å². The van der Waals surface area contributed by atoms with Crippen LogP contribution in [0.15, 0.2) is 0 Å². The molecule has 4 heteroatoms. The summed E-state index contributed by atoms with van der Waals surface area (Å²) < 4.78 is 0. The van der Waals surface area contributed by atoms with E-state index in [1.807, 2.05) is 0 Å². The van der Waals surface area contributed by atoms with Gasteiger partial charge < -0.3 is 10.2 Å². The number of carboxylic acids is 2. The van der Waals surface area contributed by atoms with Gasteiger partial charge in [0.2, 0.25) is 0 Å². The maximum Gasteiger partial charge on any atom is 0.307 e. The van der Waals surface area contributed by atoms with E-state index in [0.29, 0.717) is 12.8 Å². The van der Waals surface area contributed by atoms with Gasteiger partial charge in [-0.3, -0.25) is 9.59 Å². The van der Waals surface area contributed by atoms with Crippen LogP contribution in [0.5, 0.6) is 0 Å². The molecule has 0 spiro atoms. The molecule has 4 nitrogen and oxygen atoms in total. The minimum atomic E-state index is -0.958. The molecule has 1 saturated carbocycles. The maximum absolute atomic E-state index is 11.5. The lowest BCUT2D eigenvalue weighted by Crippen LogP contribution is -2.41. The summed E-state index contributed by atoms with van der Waals surface area (Å²) in [4.78, 5) is 23.0. The van der Waals surface area contributed by atoms with Crippen LogP contribution in [0.1, 0.15) is 67.2 Å². The summed E-state index contributed by atoms with van der Waals surface area (Å²) >= 11 is 0. The van der Waals surface area contributed by atoms with Crippen molar-refractivity contribution in [1.82, 2.24) is 0 Å². The van der Waals surface area contributed by atoms with Gasteiger partial charge in [-0.25, -0.2) is 0 Å². The first-order valence-corrected chi connectivity index (χ1v) is 8.26. The van der Waals surface area contributed by atoms with E-state index < -0.39 is 23.8 Å². The monoisotopic (exact) mass is 312 g/mol. The van der Waals surface area contributed by atoms with Crippen LogP contribution in [-0.2, 0) is 9.59 Å². The molecule has 0 aromatic heterocycles. The number of carboxylic acid groups (broad SMARTS) is 2. The standard InChI is InChI=1S/C18H32O4/c1-17(2,3)9-11-7-13(15(19)20)14(16(21)22)8-12(11)10-18(4,5)6/h11-14H,7-10H2,1-6H3,(H,19,20)(H,21,22). The molecule has 0 radical (unpaired) electrons. The van der Waals surface area contributed by atoms with Crippen molar-refractivity contribution in [1.29, 1.82) is 0 Å². The Bertz CT molecular complexity index is 374. The minimum Gasteiger partial charge on any atom is -0.481 e. The SMILES string of the molecule is CC(C)(C)CC1CC(C(=O)O)C(C(=O)O)CC1CC(C)(C)C. The van der Waals surface area contributed by atoms with E-state index in [1.165, 1.54) is 0 Å². The molecule has 0 amide bonds. The Morgan fingerprint density at radius 2 is 1.05 bits per heavy atom. The predicted octanol–water partition coefficient (Wildman–Crippen LogP) is 4.29. The average Bonchev–Trinajstić information content (AvgIpc) is 2.26. The van der Waals surface area contributed by atoms with Crippen LogP contribution in [0.25, 0.3) is 0 Å². The molecule has 1 rings (SSSR count). The van der Waals surface area contributed by atoms with Crippen LogP contribution in [-0.4, -0.2) is 22.2 Å². The topological polar surface area (TPSA) is 74.6 Å². The van der Waals surface area contributed by atoms with E-state index in [2.05, 4.69) is 41.5 Å². The fraction of sp³-hybridized carbons (Fsp3) is 0.889. The summed E-state index contributed by atoms with van der Waals surface area (Å²) in [5, 5.41) is 18.9. The molecular weight excluding hydrogens is 280 g/mol. The lowest BCUT2D eigenvalue weighted by molar-refractivity contribution is -0.158. The summed E-state index contributed by atoms with van der Waals surface area (Å²) in [6.45, 7) is 13.0. The first kappa shape index (κ1) is 19.0. The zero-order valence-corrected chi connectivity index (χ0v) is 14.8. The summed E-state index contributed by atoms with van der Waals surface area (Å²) in [6, 6.07) is 0. The highest BCUT2D eigenvalue weighted by atomic mass is 16.4. The Labute approximate surface area is 134 Å². The highest BCUT2D eigenvalue weighted by molar-refractivity contribution is 5.80. The van der Waals surface area contributed by atoms with Crippen molar-refractivity contribution in [3.8, 4) is 0 Å². The van der Waals surface area contributed by atoms with E-state index >= 15 is 0 Å². The number of hydrogen-bond acceptors (Lipinski definition) is 2. The third-order valence-electron chi connectivity index (χ3n) is 4.65. The summed E-state index contributed by atoms with van der Waals surface area (Å²) in [5.41, 5.74) is 0.250. The minimum absolute atomic E-state index is 0.125. The zero-order valence-electron chi connectivity index (χ0n) is 14.8. The molecule has 0 aliphatic heterocycles. The Hall–Kier alpha value is -1.06. The number of carbonyl (C=O) groups is 2. The molecular formula is C18H32O4. The Kier molecular flexibility index (Phi) is 5.69. The van der Waals surface area contributed by atoms with Gasteiger partial charge in [-0.2, -0.15) is 0 Å². The van der Waals surface area contributed by atoms with Gasteiger partial charge in [0, 0.05) is 0 Å². The van der Waals surface area contributed by atoms with Gasteiger partial charge in [-0.15, -0.1) is 0 Å². The van der Waals surface area contributed by atoms with E-state index in [-0.39, 0.29) is 22.7 Å². The zero-order chi connectivity index (χ0) is 17.3. The van der Waals surface area contributed by atoms with Crippen LogP contribution >= 0.6 is 0 Å². The van der Waals surface area contributed by atoms with Gasteiger partial charge in [0.05, 0.1) is 11.8 Å². The van der Waals surface area contributed by atoms with E-state index in [9.17, 15) is 19.8 Å². The van der Waals surface area contributed by atoms with Crippen molar-refractivity contribution in [3.63, 3.8) is 0 Å². The largest absolute Gasteiger partial charge is 0.481 e. The van der Waals surface area contributed by atoms with Crippen LogP contribution in [0.2, 0.25) is 0 Å². The van der Waals surface area contributed by atoms with Crippen molar-refractivity contribution < 1.29 is 19.8 Å². The van der Waals surface area contributed by atoms with Crippen LogP contribution in [0, 0.1) is 34.5 Å². The number of aliphatic carboxylic acids is 2. The quantitative estimate of drug-likeness (QED) is 0.812. The molecule has 0 saturated heterocycles. The smallest absolute Gasteiger partial charge is 0.307 e. The number of rotatable bonds is 4. The highest BCUT2D eigenvalue weighted by Gasteiger charge is 2.45. The molecule has 0 heterocycles. The van der Waals surface area contributed by atoms with Gasteiger partial charge in [0.25, 0.3) is 0 Å². The number of hydrogen-bond donors (Lipinski definition) is 2. The second kappa shape index (κ2) is 6.59. The molecule has 4 unspecified atom stereocenters. The van der Waals surface area contributed by atoms with Crippen molar-refractivity contribution in [2.24, 2.45) is 34.5 Å². The van der Waals surface area contributed by atoms with E-state index in [4.69, 9.17) is 0 Å².